The maximum absolute atomic E-state index is 12.4. The summed E-state index contributed by atoms with van der Waals surface area (Å²) in [6, 6.07) is 14.9. The predicted octanol–water partition coefficient (Wildman–Crippen LogP) is 6.43. The predicted molar refractivity (Wildman–Crippen MR) is 137 cm³/mol. The Morgan fingerprint density at radius 1 is 1.18 bits per heavy atom. The highest BCUT2D eigenvalue weighted by Crippen LogP contribution is 2.30. The van der Waals surface area contributed by atoms with E-state index >= 15 is 0 Å². The summed E-state index contributed by atoms with van der Waals surface area (Å²) in [5.74, 6) is 1.50. The molecule has 0 aliphatic carbocycles. The van der Waals surface area contributed by atoms with E-state index in [1.54, 1.807) is 29.5 Å². The zero-order valence-electron chi connectivity index (χ0n) is 20.1. The van der Waals surface area contributed by atoms with Gasteiger partial charge >= 0.3 is 6.09 Å². The number of hydrogen-bond donors (Lipinski definition) is 0. The van der Waals surface area contributed by atoms with Crippen LogP contribution in [-0.2, 0) is 4.74 Å². The van der Waals surface area contributed by atoms with E-state index in [1.165, 1.54) is 0 Å². The fraction of sp³-hybridized carbons (Fsp3) is 0.400. The van der Waals surface area contributed by atoms with Gasteiger partial charge in [-0.3, -0.25) is 0 Å². The number of thiophene rings is 1. The fourth-order valence-corrected chi connectivity index (χ4v) is 4.70. The first kappa shape index (κ1) is 24.9. The molecule has 8 heteroatoms. The number of ether oxygens (including phenoxy) is 2. The molecule has 1 aromatic carbocycles. The third-order valence-corrected chi connectivity index (χ3v) is 7.83. The Labute approximate surface area is 201 Å². The molecule has 0 aliphatic rings. The standard InChI is InChI=1S/C25H33N3O3SSi/c1-19-26-13-11-22(27-19)20-8-6-9-21(18-20)31-23(24-10-7-16-32-24)12-14-28(2)25(29)30-15-17-33(3,4)5/h6-11,13,16,18,23H,12,14-15,17H2,1-5H3. The van der Waals surface area contributed by atoms with Crippen molar-refractivity contribution in [1.29, 1.82) is 0 Å². The molecular weight excluding hydrogens is 450 g/mol. The number of aromatic nitrogens is 2. The number of hydrogen-bond acceptors (Lipinski definition) is 6. The van der Waals surface area contributed by atoms with Crippen molar-refractivity contribution in [2.24, 2.45) is 0 Å². The van der Waals surface area contributed by atoms with Crippen molar-refractivity contribution in [3.63, 3.8) is 0 Å². The third-order valence-electron chi connectivity index (χ3n) is 5.16. The van der Waals surface area contributed by atoms with Crippen molar-refractivity contribution in [2.75, 3.05) is 20.2 Å². The highest BCUT2D eigenvalue weighted by Gasteiger charge is 2.20. The van der Waals surface area contributed by atoms with Gasteiger partial charge in [-0.25, -0.2) is 14.8 Å². The minimum atomic E-state index is -1.23. The second-order valence-electron chi connectivity index (χ2n) is 9.27. The van der Waals surface area contributed by atoms with Crippen LogP contribution in [-0.4, -0.2) is 49.2 Å². The number of amides is 1. The quantitative estimate of drug-likeness (QED) is 0.311. The topological polar surface area (TPSA) is 64.5 Å². The van der Waals surface area contributed by atoms with E-state index in [4.69, 9.17) is 9.47 Å². The van der Waals surface area contributed by atoms with Crippen LogP contribution in [0.1, 0.15) is 23.2 Å². The molecule has 0 N–H and O–H groups in total. The minimum absolute atomic E-state index is 0.162. The van der Waals surface area contributed by atoms with Crippen LogP contribution in [0.2, 0.25) is 25.7 Å². The van der Waals surface area contributed by atoms with Gasteiger partial charge in [-0.15, -0.1) is 11.3 Å². The van der Waals surface area contributed by atoms with Crippen molar-refractivity contribution >= 4 is 25.5 Å². The second kappa shape index (κ2) is 11.4. The van der Waals surface area contributed by atoms with Gasteiger partial charge in [0.1, 0.15) is 17.7 Å². The lowest BCUT2D eigenvalue weighted by atomic mass is 10.1. The first-order chi connectivity index (χ1) is 15.7. The number of carbonyl (C=O) groups is 1. The smallest absolute Gasteiger partial charge is 0.409 e. The number of rotatable bonds is 10. The van der Waals surface area contributed by atoms with Crippen LogP contribution in [0, 0.1) is 6.92 Å². The van der Waals surface area contributed by atoms with Crippen LogP contribution < -0.4 is 4.74 Å². The monoisotopic (exact) mass is 483 g/mol. The van der Waals surface area contributed by atoms with Crippen LogP contribution in [0.5, 0.6) is 5.75 Å². The van der Waals surface area contributed by atoms with Crippen molar-refractivity contribution in [3.05, 3.63) is 64.7 Å². The van der Waals surface area contributed by atoms with Gasteiger partial charge in [-0.2, -0.15) is 0 Å². The van der Waals surface area contributed by atoms with E-state index in [0.717, 1.165) is 33.8 Å². The van der Waals surface area contributed by atoms with Gasteiger partial charge in [0.2, 0.25) is 0 Å². The summed E-state index contributed by atoms with van der Waals surface area (Å²) in [4.78, 5) is 23.8. The molecule has 176 valence electrons. The molecule has 0 aliphatic heterocycles. The molecular formula is C25H33N3O3SSi. The maximum Gasteiger partial charge on any atom is 0.409 e. The number of aryl methyl sites for hydroxylation is 1. The Hall–Kier alpha value is -2.71. The zero-order valence-corrected chi connectivity index (χ0v) is 21.9. The van der Waals surface area contributed by atoms with Crippen LogP contribution >= 0.6 is 11.3 Å². The van der Waals surface area contributed by atoms with E-state index in [0.29, 0.717) is 19.6 Å². The van der Waals surface area contributed by atoms with Crippen LogP contribution in [0.4, 0.5) is 4.79 Å². The third kappa shape index (κ3) is 7.98. The van der Waals surface area contributed by atoms with Crippen molar-refractivity contribution in [1.82, 2.24) is 14.9 Å². The van der Waals surface area contributed by atoms with Crippen molar-refractivity contribution in [2.45, 2.75) is 45.1 Å². The lowest BCUT2D eigenvalue weighted by Gasteiger charge is -2.23. The number of carbonyl (C=O) groups excluding carboxylic acids is 1. The van der Waals surface area contributed by atoms with E-state index in [1.807, 2.05) is 48.7 Å². The highest BCUT2D eigenvalue weighted by molar-refractivity contribution is 7.10. The first-order valence-electron chi connectivity index (χ1n) is 11.2. The van der Waals surface area contributed by atoms with Gasteiger partial charge in [0.25, 0.3) is 0 Å². The van der Waals surface area contributed by atoms with E-state index in [-0.39, 0.29) is 12.2 Å². The van der Waals surface area contributed by atoms with Gasteiger partial charge in [-0.05, 0) is 42.6 Å². The largest absolute Gasteiger partial charge is 0.485 e. The molecule has 0 saturated heterocycles. The lowest BCUT2D eigenvalue weighted by Crippen LogP contribution is -2.31. The maximum atomic E-state index is 12.4. The summed E-state index contributed by atoms with van der Waals surface area (Å²) in [5, 5.41) is 2.04. The van der Waals surface area contributed by atoms with Crippen molar-refractivity contribution in [3.8, 4) is 17.0 Å². The minimum Gasteiger partial charge on any atom is -0.485 e. The molecule has 0 bridgehead atoms. The van der Waals surface area contributed by atoms with Crippen LogP contribution in [0.3, 0.4) is 0 Å². The molecule has 3 aromatic rings. The second-order valence-corrected chi connectivity index (χ2v) is 15.9. The number of nitrogens with zero attached hydrogens (tertiary/aromatic N) is 3. The first-order valence-corrected chi connectivity index (χ1v) is 15.8. The molecule has 2 aromatic heterocycles. The van der Waals surface area contributed by atoms with E-state index in [2.05, 4.69) is 35.7 Å². The van der Waals surface area contributed by atoms with Crippen molar-refractivity contribution < 1.29 is 14.3 Å². The van der Waals surface area contributed by atoms with Gasteiger partial charge in [0.05, 0.1) is 12.3 Å². The average molecular weight is 484 g/mol. The Bertz CT molecular complexity index is 1040. The molecule has 0 spiro atoms. The molecule has 0 fully saturated rings. The Balaban J connectivity index is 1.64. The fourth-order valence-electron chi connectivity index (χ4n) is 3.20. The van der Waals surface area contributed by atoms with Gasteiger partial charge < -0.3 is 14.4 Å². The van der Waals surface area contributed by atoms with Gasteiger partial charge in [0.15, 0.2) is 0 Å². The van der Waals surface area contributed by atoms with Gasteiger partial charge in [-0.1, -0.05) is 37.8 Å². The lowest BCUT2D eigenvalue weighted by molar-refractivity contribution is 0.108. The van der Waals surface area contributed by atoms with Crippen LogP contribution in [0.15, 0.2) is 54.0 Å². The normalized spacial score (nSPS) is 12.3. The average Bonchev–Trinajstić information content (AvgIpc) is 3.30. The number of benzene rings is 1. The molecule has 6 nitrogen and oxygen atoms in total. The van der Waals surface area contributed by atoms with Gasteiger partial charge in [0, 0.05) is 44.7 Å². The molecule has 2 heterocycles. The Kier molecular flexibility index (Phi) is 8.63. The van der Waals surface area contributed by atoms with E-state index in [9.17, 15) is 4.79 Å². The Morgan fingerprint density at radius 2 is 2.00 bits per heavy atom. The summed E-state index contributed by atoms with van der Waals surface area (Å²) in [6.07, 6.45) is 1.99. The molecule has 0 saturated carbocycles. The zero-order chi connectivity index (χ0) is 23.8. The molecule has 3 rings (SSSR count). The summed E-state index contributed by atoms with van der Waals surface area (Å²) < 4.78 is 11.9. The summed E-state index contributed by atoms with van der Waals surface area (Å²) >= 11 is 1.65. The molecule has 33 heavy (non-hydrogen) atoms. The van der Waals surface area contributed by atoms with Crippen LogP contribution in [0.25, 0.3) is 11.3 Å². The summed E-state index contributed by atoms with van der Waals surface area (Å²) in [5.41, 5.74) is 1.84. The summed E-state index contributed by atoms with van der Waals surface area (Å²) in [7, 11) is 0.549. The molecule has 1 unspecified atom stereocenters. The van der Waals surface area contributed by atoms with E-state index < -0.39 is 8.07 Å². The highest BCUT2D eigenvalue weighted by atomic mass is 32.1. The summed E-state index contributed by atoms with van der Waals surface area (Å²) in [6.45, 7) is 9.72. The Morgan fingerprint density at radius 3 is 2.70 bits per heavy atom. The SMILES string of the molecule is Cc1nccc(-c2cccc(OC(CCN(C)C(=O)OCC[Si](C)(C)C)c3cccs3)c2)n1. The molecule has 1 atom stereocenters. The molecule has 0 radical (unpaired) electrons. The molecule has 1 amide bonds.